The number of carbonyl (C=O) groups is 1. The number of hydrogen-bond acceptors (Lipinski definition) is 6. The predicted molar refractivity (Wildman–Crippen MR) is 125 cm³/mol. The van der Waals surface area contributed by atoms with Gasteiger partial charge in [0.25, 0.3) is 5.91 Å². The van der Waals surface area contributed by atoms with Gasteiger partial charge in [-0.1, -0.05) is 29.8 Å². The quantitative estimate of drug-likeness (QED) is 0.259. The molecule has 0 bridgehead atoms. The van der Waals surface area contributed by atoms with Crippen LogP contribution in [0.3, 0.4) is 0 Å². The minimum absolute atomic E-state index is 0.0889. The van der Waals surface area contributed by atoms with E-state index in [1.165, 1.54) is 0 Å². The van der Waals surface area contributed by atoms with E-state index in [9.17, 15) is 4.79 Å². The molecule has 1 aliphatic rings. The van der Waals surface area contributed by atoms with Crippen LogP contribution in [-0.4, -0.2) is 48.8 Å². The Morgan fingerprint density at radius 2 is 2.12 bits per heavy atom. The molecule has 0 spiro atoms. The van der Waals surface area contributed by atoms with E-state index in [-0.39, 0.29) is 19.1 Å². The lowest BCUT2D eigenvalue weighted by molar-refractivity contribution is -0.127. The van der Waals surface area contributed by atoms with Crippen LogP contribution >= 0.6 is 11.6 Å². The fourth-order valence-electron chi connectivity index (χ4n) is 3.25. The molecule has 0 saturated heterocycles. The van der Waals surface area contributed by atoms with E-state index in [1.807, 2.05) is 48.5 Å². The minimum Gasteiger partial charge on any atom is -0.494 e. The summed E-state index contributed by atoms with van der Waals surface area (Å²) < 4.78 is 11.3. The number of amides is 1. The van der Waals surface area contributed by atoms with Gasteiger partial charge in [-0.3, -0.25) is 10.2 Å². The number of nitrogens with zero attached hydrogens (tertiary/aromatic N) is 1. The summed E-state index contributed by atoms with van der Waals surface area (Å²) in [7, 11) is 0. The number of nitrogens with one attached hydrogen (secondary N) is 2. The lowest BCUT2D eigenvalue weighted by Gasteiger charge is -2.21. The monoisotopic (exact) mass is 457 g/mol. The fourth-order valence-corrected chi connectivity index (χ4v) is 3.47. The van der Waals surface area contributed by atoms with Crippen molar-refractivity contribution in [1.29, 1.82) is 0 Å². The van der Waals surface area contributed by atoms with E-state index in [0.717, 1.165) is 11.1 Å². The largest absolute Gasteiger partial charge is 0.494 e. The smallest absolute Gasteiger partial charge is 0.266 e. The zero-order chi connectivity index (χ0) is 22.8. The van der Waals surface area contributed by atoms with Crippen molar-refractivity contribution in [2.75, 3.05) is 26.4 Å². The van der Waals surface area contributed by atoms with Gasteiger partial charge in [-0.15, -0.1) is 6.58 Å². The van der Waals surface area contributed by atoms with E-state index in [4.69, 9.17) is 26.2 Å². The van der Waals surface area contributed by atoms with Crippen molar-refractivity contribution in [1.82, 2.24) is 10.9 Å². The fraction of sp³-hybridized carbons (Fsp3) is 0.333. The van der Waals surface area contributed by atoms with Crippen molar-refractivity contribution < 1.29 is 19.4 Å². The van der Waals surface area contributed by atoms with Gasteiger partial charge in [0.2, 0.25) is 5.90 Å². The number of aliphatic imine (C=N–C) groups is 1. The van der Waals surface area contributed by atoms with Crippen LogP contribution < -0.4 is 15.6 Å². The van der Waals surface area contributed by atoms with E-state index in [1.54, 1.807) is 6.08 Å². The molecule has 0 aromatic heterocycles. The lowest BCUT2D eigenvalue weighted by Crippen LogP contribution is -2.51. The van der Waals surface area contributed by atoms with Crippen LogP contribution in [0.1, 0.15) is 24.0 Å². The zero-order valence-electron chi connectivity index (χ0n) is 17.9. The number of hydrogen-bond donors (Lipinski definition) is 3. The second kappa shape index (κ2) is 11.7. The molecule has 3 N–H and O–H groups in total. The minimum atomic E-state index is -1.07. The van der Waals surface area contributed by atoms with E-state index in [2.05, 4.69) is 22.4 Å². The van der Waals surface area contributed by atoms with Crippen molar-refractivity contribution in [3.05, 3.63) is 77.3 Å². The summed E-state index contributed by atoms with van der Waals surface area (Å²) in [6.45, 7) is 4.98. The highest BCUT2D eigenvalue weighted by molar-refractivity contribution is 6.30. The standard InChI is InChI=1S/C24H28ClN3O4/c1-2-12-24(23(30)28-26-13-11-18-5-3-6-20(25)16-18)17-32-22(27-24)19-7-9-21(10-8-19)31-15-4-14-29/h2-3,5-10,16,26,29H,1,4,11-15,17H2,(H,28,30)/t24-/m0/s1. The third-order valence-corrected chi connectivity index (χ3v) is 5.21. The second-order valence-corrected chi connectivity index (χ2v) is 7.88. The Bertz CT molecular complexity index is 949. The number of halogens is 1. The van der Waals surface area contributed by atoms with Gasteiger partial charge in [-0.2, -0.15) is 0 Å². The Kier molecular flexibility index (Phi) is 8.67. The van der Waals surface area contributed by atoms with Crippen LogP contribution in [-0.2, 0) is 16.0 Å². The molecule has 1 atom stereocenters. The highest BCUT2D eigenvalue weighted by Gasteiger charge is 2.43. The van der Waals surface area contributed by atoms with Crippen LogP contribution in [0.4, 0.5) is 0 Å². The number of benzene rings is 2. The zero-order valence-corrected chi connectivity index (χ0v) is 18.6. The average molecular weight is 458 g/mol. The maximum atomic E-state index is 12.9. The van der Waals surface area contributed by atoms with Gasteiger partial charge >= 0.3 is 0 Å². The van der Waals surface area contributed by atoms with Gasteiger partial charge in [-0.25, -0.2) is 10.4 Å². The van der Waals surface area contributed by atoms with Crippen molar-refractivity contribution in [3.63, 3.8) is 0 Å². The maximum Gasteiger partial charge on any atom is 0.266 e. The van der Waals surface area contributed by atoms with Gasteiger partial charge in [0, 0.05) is 36.6 Å². The first-order valence-corrected chi connectivity index (χ1v) is 10.9. The third kappa shape index (κ3) is 6.32. The van der Waals surface area contributed by atoms with Gasteiger partial charge in [0.05, 0.1) is 6.61 Å². The van der Waals surface area contributed by atoms with Crippen LogP contribution in [0.15, 0.2) is 66.2 Å². The molecule has 8 heteroatoms. The van der Waals surface area contributed by atoms with E-state index < -0.39 is 5.54 Å². The molecule has 0 aliphatic carbocycles. The van der Waals surface area contributed by atoms with Crippen molar-refractivity contribution in [2.24, 2.45) is 4.99 Å². The molecule has 170 valence electrons. The second-order valence-electron chi connectivity index (χ2n) is 7.44. The molecule has 1 aliphatic heterocycles. The number of aliphatic hydroxyl groups is 1. The van der Waals surface area contributed by atoms with Gasteiger partial charge in [0.1, 0.15) is 12.4 Å². The SMILES string of the molecule is C=CC[C@@]1(C(=O)NNCCc2cccc(Cl)c2)COC(c2ccc(OCCCO)cc2)=N1. The third-order valence-electron chi connectivity index (χ3n) is 4.97. The van der Waals surface area contributed by atoms with Gasteiger partial charge < -0.3 is 14.6 Å². The number of aliphatic hydroxyl groups excluding tert-OH is 1. The first-order valence-electron chi connectivity index (χ1n) is 10.5. The van der Waals surface area contributed by atoms with Crippen LogP contribution in [0.2, 0.25) is 5.02 Å². The van der Waals surface area contributed by atoms with Crippen LogP contribution in [0, 0.1) is 0 Å². The van der Waals surface area contributed by atoms with E-state index >= 15 is 0 Å². The normalized spacial score (nSPS) is 17.4. The summed E-state index contributed by atoms with van der Waals surface area (Å²) in [5.74, 6) is 0.824. The molecule has 1 heterocycles. The molecular formula is C24H28ClN3O4. The summed E-state index contributed by atoms with van der Waals surface area (Å²) in [4.78, 5) is 17.5. The summed E-state index contributed by atoms with van der Waals surface area (Å²) in [5, 5.41) is 9.52. The Balaban J connectivity index is 1.59. The van der Waals surface area contributed by atoms with Crippen molar-refractivity contribution >= 4 is 23.4 Å². The number of rotatable bonds is 12. The number of carbonyl (C=O) groups excluding carboxylic acids is 1. The average Bonchev–Trinajstić information content (AvgIpc) is 3.23. The van der Waals surface area contributed by atoms with Crippen molar-refractivity contribution in [3.8, 4) is 5.75 Å². The molecule has 7 nitrogen and oxygen atoms in total. The Labute approximate surface area is 193 Å². The maximum absolute atomic E-state index is 12.9. The Morgan fingerprint density at radius 3 is 2.84 bits per heavy atom. The molecule has 0 unspecified atom stereocenters. The molecule has 0 radical (unpaired) electrons. The summed E-state index contributed by atoms with van der Waals surface area (Å²) in [6.07, 6.45) is 3.30. The highest BCUT2D eigenvalue weighted by Crippen LogP contribution is 2.27. The van der Waals surface area contributed by atoms with E-state index in [0.29, 0.717) is 49.1 Å². The number of hydrazine groups is 1. The predicted octanol–water partition coefficient (Wildman–Crippen LogP) is 3.06. The first-order chi connectivity index (χ1) is 15.6. The molecule has 0 fully saturated rings. The molecule has 2 aromatic carbocycles. The van der Waals surface area contributed by atoms with Crippen molar-refractivity contribution in [2.45, 2.75) is 24.8 Å². The summed E-state index contributed by atoms with van der Waals surface area (Å²) >= 11 is 6.00. The number of ether oxygens (including phenoxy) is 2. The first kappa shape index (κ1) is 23.8. The molecule has 3 rings (SSSR count). The summed E-state index contributed by atoms with van der Waals surface area (Å²) in [6, 6.07) is 14.9. The topological polar surface area (TPSA) is 92.2 Å². The summed E-state index contributed by atoms with van der Waals surface area (Å²) in [5.41, 5.74) is 6.47. The van der Waals surface area contributed by atoms with Gasteiger partial charge in [0.15, 0.2) is 5.54 Å². The van der Waals surface area contributed by atoms with Gasteiger partial charge in [-0.05, 0) is 48.4 Å². The molecule has 0 saturated carbocycles. The Morgan fingerprint density at radius 1 is 1.31 bits per heavy atom. The van der Waals surface area contributed by atoms with Crippen LogP contribution in [0.5, 0.6) is 5.75 Å². The molecule has 1 amide bonds. The lowest BCUT2D eigenvalue weighted by atomic mass is 9.97. The highest BCUT2D eigenvalue weighted by atomic mass is 35.5. The molecular weight excluding hydrogens is 430 g/mol. The van der Waals surface area contributed by atoms with Crippen LogP contribution in [0.25, 0.3) is 0 Å². The molecule has 2 aromatic rings. The molecule has 32 heavy (non-hydrogen) atoms. The Hall–Kier alpha value is -2.87.